The molecule has 1 saturated heterocycles. The zero-order valence-electron chi connectivity index (χ0n) is 13.7. The van der Waals surface area contributed by atoms with Gasteiger partial charge in [-0.05, 0) is 48.7 Å². The largest absolute Gasteiger partial charge is 0.371 e. The molecule has 0 bridgehead atoms. The normalized spacial score (nSPS) is 16.1. The zero-order chi connectivity index (χ0) is 17.3. The SMILES string of the molecule is Cc1ccc(C)c(S(=O)(=O)N2CC(OCc3ccc(Cl)cc3)C2)c1. The van der Waals surface area contributed by atoms with E-state index in [4.69, 9.17) is 16.3 Å². The van der Waals surface area contributed by atoms with Crippen LogP contribution in [0.1, 0.15) is 16.7 Å². The van der Waals surface area contributed by atoms with E-state index in [0.29, 0.717) is 29.6 Å². The molecule has 1 heterocycles. The highest BCUT2D eigenvalue weighted by Gasteiger charge is 2.38. The molecule has 0 unspecified atom stereocenters. The predicted molar refractivity (Wildman–Crippen MR) is 94.7 cm³/mol. The number of aryl methyl sites for hydroxylation is 2. The summed E-state index contributed by atoms with van der Waals surface area (Å²) < 4.78 is 32.6. The molecule has 0 spiro atoms. The molecule has 3 rings (SSSR count). The van der Waals surface area contributed by atoms with Crippen LogP contribution in [0, 0.1) is 13.8 Å². The van der Waals surface area contributed by atoms with Gasteiger partial charge in [-0.25, -0.2) is 8.42 Å². The van der Waals surface area contributed by atoms with Crippen molar-refractivity contribution < 1.29 is 13.2 Å². The second kappa shape index (κ2) is 6.84. The summed E-state index contributed by atoms with van der Waals surface area (Å²) in [5, 5.41) is 0.688. The average Bonchev–Trinajstić information content (AvgIpc) is 2.49. The number of ether oxygens (including phenoxy) is 1. The summed E-state index contributed by atoms with van der Waals surface area (Å²) >= 11 is 5.85. The molecule has 0 amide bonds. The van der Waals surface area contributed by atoms with Crippen LogP contribution in [-0.2, 0) is 21.4 Å². The van der Waals surface area contributed by atoms with E-state index in [2.05, 4.69) is 0 Å². The van der Waals surface area contributed by atoms with E-state index < -0.39 is 10.0 Å². The molecule has 0 radical (unpaired) electrons. The summed E-state index contributed by atoms with van der Waals surface area (Å²) in [7, 11) is -3.44. The van der Waals surface area contributed by atoms with E-state index in [1.165, 1.54) is 4.31 Å². The Hall–Kier alpha value is -1.40. The fraction of sp³-hybridized carbons (Fsp3) is 0.333. The van der Waals surface area contributed by atoms with E-state index >= 15 is 0 Å². The minimum absolute atomic E-state index is 0.0689. The molecule has 0 N–H and O–H groups in total. The molecule has 128 valence electrons. The molecule has 1 aliphatic heterocycles. The molecule has 0 saturated carbocycles. The Morgan fingerprint density at radius 3 is 2.46 bits per heavy atom. The first-order valence-corrected chi connectivity index (χ1v) is 9.61. The van der Waals surface area contributed by atoms with Gasteiger partial charge in [-0.15, -0.1) is 0 Å². The van der Waals surface area contributed by atoms with Crippen molar-refractivity contribution in [3.8, 4) is 0 Å². The van der Waals surface area contributed by atoms with Gasteiger partial charge < -0.3 is 4.74 Å². The predicted octanol–water partition coefficient (Wildman–Crippen LogP) is 3.55. The van der Waals surface area contributed by atoms with E-state index in [9.17, 15) is 8.42 Å². The van der Waals surface area contributed by atoms with E-state index in [-0.39, 0.29) is 6.10 Å². The highest BCUT2D eigenvalue weighted by atomic mass is 35.5. The van der Waals surface area contributed by atoms with Crippen LogP contribution in [0.15, 0.2) is 47.4 Å². The van der Waals surface area contributed by atoms with Gasteiger partial charge in [0.25, 0.3) is 0 Å². The second-order valence-electron chi connectivity index (χ2n) is 6.15. The van der Waals surface area contributed by atoms with Gasteiger partial charge in [-0.2, -0.15) is 4.31 Å². The summed E-state index contributed by atoms with van der Waals surface area (Å²) in [5.41, 5.74) is 2.73. The fourth-order valence-electron chi connectivity index (χ4n) is 2.62. The van der Waals surface area contributed by atoms with E-state index in [1.54, 1.807) is 6.07 Å². The Morgan fingerprint density at radius 2 is 1.79 bits per heavy atom. The Morgan fingerprint density at radius 1 is 1.12 bits per heavy atom. The Balaban J connectivity index is 1.59. The Kier molecular flexibility index (Phi) is 4.97. The highest BCUT2D eigenvalue weighted by molar-refractivity contribution is 7.89. The number of benzene rings is 2. The summed E-state index contributed by atoms with van der Waals surface area (Å²) in [5.74, 6) is 0. The van der Waals surface area contributed by atoms with Crippen molar-refractivity contribution >= 4 is 21.6 Å². The minimum atomic E-state index is -3.44. The van der Waals surface area contributed by atoms with Crippen LogP contribution in [0.2, 0.25) is 5.02 Å². The molecule has 4 nitrogen and oxygen atoms in total. The van der Waals surface area contributed by atoms with Crippen LogP contribution in [-0.4, -0.2) is 31.9 Å². The van der Waals surface area contributed by atoms with Crippen molar-refractivity contribution in [2.24, 2.45) is 0 Å². The molecule has 1 fully saturated rings. The number of nitrogens with zero attached hydrogens (tertiary/aromatic N) is 1. The lowest BCUT2D eigenvalue weighted by Crippen LogP contribution is -2.54. The molecule has 2 aromatic carbocycles. The minimum Gasteiger partial charge on any atom is -0.371 e. The van der Waals surface area contributed by atoms with E-state index in [1.807, 2.05) is 50.2 Å². The van der Waals surface area contributed by atoms with Crippen molar-refractivity contribution in [3.05, 3.63) is 64.2 Å². The van der Waals surface area contributed by atoms with Crippen molar-refractivity contribution in [2.45, 2.75) is 31.5 Å². The number of sulfonamides is 1. The smallest absolute Gasteiger partial charge is 0.243 e. The maximum absolute atomic E-state index is 12.7. The molecule has 6 heteroatoms. The number of hydrogen-bond acceptors (Lipinski definition) is 3. The average molecular weight is 366 g/mol. The second-order valence-corrected chi connectivity index (χ2v) is 8.49. The van der Waals surface area contributed by atoms with Gasteiger partial charge in [0.2, 0.25) is 10.0 Å². The van der Waals surface area contributed by atoms with Gasteiger partial charge in [0.1, 0.15) is 0 Å². The molecule has 0 aromatic heterocycles. The number of halogens is 1. The lowest BCUT2D eigenvalue weighted by atomic mass is 10.2. The molecule has 1 aliphatic rings. The van der Waals surface area contributed by atoms with Gasteiger partial charge in [-0.1, -0.05) is 35.9 Å². The Bertz CT molecular complexity index is 828. The lowest BCUT2D eigenvalue weighted by molar-refractivity contribution is -0.0295. The lowest BCUT2D eigenvalue weighted by Gasteiger charge is -2.38. The van der Waals surface area contributed by atoms with Gasteiger partial charge in [0.05, 0.1) is 17.6 Å². The first kappa shape index (κ1) is 17.4. The van der Waals surface area contributed by atoms with Crippen LogP contribution in [0.4, 0.5) is 0 Å². The zero-order valence-corrected chi connectivity index (χ0v) is 15.3. The summed E-state index contributed by atoms with van der Waals surface area (Å²) in [6.07, 6.45) is -0.0689. The van der Waals surface area contributed by atoms with Crippen molar-refractivity contribution in [1.82, 2.24) is 4.31 Å². The fourth-order valence-corrected chi connectivity index (χ4v) is 4.56. The van der Waals surface area contributed by atoms with Gasteiger partial charge in [0.15, 0.2) is 0 Å². The molecule has 24 heavy (non-hydrogen) atoms. The summed E-state index contributed by atoms with van der Waals surface area (Å²) in [6, 6.07) is 12.9. The third-order valence-corrected chi connectivity index (χ3v) is 6.40. The quantitative estimate of drug-likeness (QED) is 0.814. The van der Waals surface area contributed by atoms with Crippen molar-refractivity contribution in [2.75, 3.05) is 13.1 Å². The van der Waals surface area contributed by atoms with Crippen LogP contribution in [0.5, 0.6) is 0 Å². The van der Waals surface area contributed by atoms with Crippen molar-refractivity contribution in [1.29, 1.82) is 0 Å². The standard InChI is InChI=1S/C18H20ClNO3S/c1-13-3-4-14(2)18(9-13)24(21,22)20-10-17(11-20)23-12-15-5-7-16(19)8-6-15/h3-9,17H,10-12H2,1-2H3. The van der Waals surface area contributed by atoms with Gasteiger partial charge in [0, 0.05) is 18.1 Å². The van der Waals surface area contributed by atoms with E-state index in [0.717, 1.165) is 16.7 Å². The molecular formula is C18H20ClNO3S. The summed E-state index contributed by atoms with van der Waals surface area (Å²) in [6.45, 7) is 4.96. The van der Waals surface area contributed by atoms with Crippen LogP contribution >= 0.6 is 11.6 Å². The van der Waals surface area contributed by atoms with Gasteiger partial charge >= 0.3 is 0 Å². The van der Waals surface area contributed by atoms with Crippen LogP contribution < -0.4 is 0 Å². The number of rotatable bonds is 5. The topological polar surface area (TPSA) is 46.6 Å². The number of hydrogen-bond donors (Lipinski definition) is 0. The maximum Gasteiger partial charge on any atom is 0.243 e. The third-order valence-electron chi connectivity index (χ3n) is 4.17. The third kappa shape index (κ3) is 3.64. The molecular weight excluding hydrogens is 346 g/mol. The Labute approximate surface area is 148 Å². The monoisotopic (exact) mass is 365 g/mol. The van der Waals surface area contributed by atoms with Crippen LogP contribution in [0.3, 0.4) is 0 Å². The van der Waals surface area contributed by atoms with Crippen molar-refractivity contribution in [3.63, 3.8) is 0 Å². The molecule has 2 aromatic rings. The molecule has 0 atom stereocenters. The first-order valence-electron chi connectivity index (χ1n) is 7.80. The van der Waals surface area contributed by atoms with Crippen LogP contribution in [0.25, 0.3) is 0 Å². The maximum atomic E-state index is 12.7. The first-order chi connectivity index (χ1) is 11.4. The molecule has 0 aliphatic carbocycles. The highest BCUT2D eigenvalue weighted by Crippen LogP contribution is 2.26. The summed E-state index contributed by atoms with van der Waals surface area (Å²) in [4.78, 5) is 0.388. The van der Waals surface area contributed by atoms with Gasteiger partial charge in [-0.3, -0.25) is 0 Å².